The lowest BCUT2D eigenvalue weighted by Crippen LogP contribution is -2.31. The van der Waals surface area contributed by atoms with Crippen LogP contribution in [0.15, 0.2) is 23.0 Å². The molecule has 6 nitrogen and oxygen atoms in total. The molecule has 0 saturated heterocycles. The van der Waals surface area contributed by atoms with E-state index in [0.29, 0.717) is 26.8 Å². The number of aryl methyl sites for hydroxylation is 2. The molecule has 1 N–H and O–H groups in total. The lowest BCUT2D eigenvalue weighted by molar-refractivity contribution is -0.117. The number of hydrogen-bond acceptors (Lipinski definition) is 5. The number of carbonyl (C=O) groups is 1. The lowest BCUT2D eigenvalue weighted by atomic mass is 9.72. The normalized spacial score (nSPS) is 16.5. The number of halogens is 1. The van der Waals surface area contributed by atoms with E-state index >= 15 is 0 Å². The number of benzene rings is 1. The topological polar surface area (TPSA) is 76.9 Å². The van der Waals surface area contributed by atoms with Gasteiger partial charge in [0.2, 0.25) is 5.91 Å². The standard InChI is InChI=1S/C22H25ClN4O2S/c1-12-5-7-14(10-16(12)23)24-18(28)11-27-21(29)19-15-8-6-13(22(2,3)4)9-17(15)30-20(19)25-26-27/h5,7,10,13H,6,8-9,11H2,1-4H3,(H,24,28)/t13-/m0/s1. The molecule has 0 aliphatic heterocycles. The van der Waals surface area contributed by atoms with Crippen molar-refractivity contribution in [1.29, 1.82) is 0 Å². The molecule has 8 heteroatoms. The Morgan fingerprint density at radius 3 is 2.83 bits per heavy atom. The predicted molar refractivity (Wildman–Crippen MR) is 121 cm³/mol. The molecular formula is C22H25ClN4O2S. The molecule has 1 aromatic carbocycles. The Morgan fingerprint density at radius 2 is 2.13 bits per heavy atom. The summed E-state index contributed by atoms with van der Waals surface area (Å²) in [5.74, 6) is 0.239. The maximum absolute atomic E-state index is 13.1. The molecule has 2 heterocycles. The van der Waals surface area contributed by atoms with Gasteiger partial charge in [-0.3, -0.25) is 9.59 Å². The van der Waals surface area contributed by atoms with E-state index in [1.54, 1.807) is 23.5 Å². The van der Waals surface area contributed by atoms with Crippen LogP contribution in [-0.2, 0) is 24.2 Å². The van der Waals surface area contributed by atoms with Crippen molar-refractivity contribution in [1.82, 2.24) is 15.0 Å². The molecule has 0 saturated carbocycles. The third-order valence-corrected chi connectivity index (χ3v) is 7.46. The Kier molecular flexibility index (Phi) is 5.45. The third kappa shape index (κ3) is 4.01. The molecule has 0 bridgehead atoms. The summed E-state index contributed by atoms with van der Waals surface area (Å²) in [7, 11) is 0. The fraction of sp³-hybridized carbons (Fsp3) is 0.455. The monoisotopic (exact) mass is 444 g/mol. The van der Waals surface area contributed by atoms with E-state index in [2.05, 4.69) is 36.4 Å². The first kappa shape index (κ1) is 21.0. The summed E-state index contributed by atoms with van der Waals surface area (Å²) in [6, 6.07) is 5.30. The zero-order valence-electron chi connectivity index (χ0n) is 17.6. The van der Waals surface area contributed by atoms with Gasteiger partial charge >= 0.3 is 0 Å². The molecule has 1 amide bonds. The van der Waals surface area contributed by atoms with Gasteiger partial charge < -0.3 is 5.32 Å². The Bertz CT molecular complexity index is 1190. The van der Waals surface area contributed by atoms with Gasteiger partial charge in [0.05, 0.1) is 5.39 Å². The fourth-order valence-electron chi connectivity index (χ4n) is 3.98. The zero-order valence-corrected chi connectivity index (χ0v) is 19.2. The van der Waals surface area contributed by atoms with Gasteiger partial charge in [0.1, 0.15) is 6.54 Å². The minimum atomic E-state index is -0.345. The van der Waals surface area contributed by atoms with E-state index < -0.39 is 0 Å². The molecule has 0 fully saturated rings. The van der Waals surface area contributed by atoms with Crippen LogP contribution in [-0.4, -0.2) is 20.9 Å². The van der Waals surface area contributed by atoms with Gasteiger partial charge in [0.15, 0.2) is 4.83 Å². The van der Waals surface area contributed by atoms with Crippen LogP contribution < -0.4 is 10.9 Å². The minimum Gasteiger partial charge on any atom is -0.324 e. The Morgan fingerprint density at radius 1 is 1.37 bits per heavy atom. The highest BCUT2D eigenvalue weighted by atomic mass is 35.5. The fourth-order valence-corrected chi connectivity index (χ4v) is 5.39. The van der Waals surface area contributed by atoms with Crippen molar-refractivity contribution in [3.8, 4) is 0 Å². The van der Waals surface area contributed by atoms with Crippen LogP contribution in [0.4, 0.5) is 5.69 Å². The van der Waals surface area contributed by atoms with Crippen molar-refractivity contribution < 1.29 is 4.79 Å². The maximum atomic E-state index is 13.1. The number of carbonyl (C=O) groups excluding carboxylic acids is 1. The first-order valence-electron chi connectivity index (χ1n) is 10.1. The molecule has 0 unspecified atom stereocenters. The lowest BCUT2D eigenvalue weighted by Gasteiger charge is -2.33. The molecule has 4 rings (SSSR count). The second-order valence-electron chi connectivity index (χ2n) is 9.05. The van der Waals surface area contributed by atoms with E-state index in [1.165, 1.54) is 4.88 Å². The molecular weight excluding hydrogens is 420 g/mol. The number of aromatic nitrogens is 3. The quantitative estimate of drug-likeness (QED) is 0.640. The van der Waals surface area contributed by atoms with Crippen LogP contribution in [0, 0.1) is 18.3 Å². The summed E-state index contributed by atoms with van der Waals surface area (Å²) >= 11 is 7.68. The van der Waals surface area contributed by atoms with Gasteiger partial charge in [-0.2, -0.15) is 0 Å². The van der Waals surface area contributed by atoms with E-state index in [1.807, 2.05) is 13.0 Å². The summed E-state index contributed by atoms with van der Waals surface area (Å²) in [4.78, 5) is 27.5. The van der Waals surface area contributed by atoms with Crippen molar-refractivity contribution in [2.75, 3.05) is 5.32 Å². The molecule has 30 heavy (non-hydrogen) atoms. The van der Waals surface area contributed by atoms with Crippen LogP contribution in [0.25, 0.3) is 10.2 Å². The molecule has 2 aromatic heterocycles. The summed E-state index contributed by atoms with van der Waals surface area (Å²) < 4.78 is 1.15. The second kappa shape index (κ2) is 7.78. The summed E-state index contributed by atoms with van der Waals surface area (Å²) in [5, 5.41) is 12.2. The van der Waals surface area contributed by atoms with Gasteiger partial charge in [-0.25, -0.2) is 4.68 Å². The number of hydrogen-bond donors (Lipinski definition) is 1. The van der Waals surface area contributed by atoms with Crippen LogP contribution in [0.2, 0.25) is 5.02 Å². The minimum absolute atomic E-state index is 0.192. The van der Waals surface area contributed by atoms with E-state index in [4.69, 9.17) is 11.6 Å². The third-order valence-electron chi connectivity index (χ3n) is 5.91. The summed E-state index contributed by atoms with van der Waals surface area (Å²) in [6.45, 7) is 8.50. The van der Waals surface area contributed by atoms with Crippen molar-refractivity contribution in [3.63, 3.8) is 0 Å². The number of thiophene rings is 1. The number of amides is 1. The first-order valence-corrected chi connectivity index (χ1v) is 11.3. The van der Waals surface area contributed by atoms with Gasteiger partial charge in [0, 0.05) is 15.6 Å². The van der Waals surface area contributed by atoms with Crippen molar-refractivity contribution >= 4 is 44.7 Å². The van der Waals surface area contributed by atoms with Gasteiger partial charge in [-0.15, -0.1) is 16.4 Å². The van der Waals surface area contributed by atoms with Crippen LogP contribution in [0.5, 0.6) is 0 Å². The van der Waals surface area contributed by atoms with Crippen molar-refractivity contribution in [2.24, 2.45) is 11.3 Å². The highest BCUT2D eigenvalue weighted by Crippen LogP contribution is 2.41. The van der Waals surface area contributed by atoms with Crippen molar-refractivity contribution in [3.05, 3.63) is 49.6 Å². The van der Waals surface area contributed by atoms with Crippen LogP contribution in [0.3, 0.4) is 0 Å². The summed E-state index contributed by atoms with van der Waals surface area (Å²) in [6.07, 6.45) is 2.89. The average Bonchev–Trinajstić information content (AvgIpc) is 3.05. The molecule has 1 atom stereocenters. The van der Waals surface area contributed by atoms with Gasteiger partial charge in [-0.1, -0.05) is 43.7 Å². The largest absolute Gasteiger partial charge is 0.324 e. The number of rotatable bonds is 3. The first-order chi connectivity index (χ1) is 14.1. The number of nitrogens with one attached hydrogen (secondary N) is 1. The smallest absolute Gasteiger partial charge is 0.279 e. The average molecular weight is 445 g/mol. The van der Waals surface area contributed by atoms with E-state index in [0.717, 1.165) is 35.1 Å². The van der Waals surface area contributed by atoms with Crippen LogP contribution in [0.1, 0.15) is 43.2 Å². The Balaban J connectivity index is 1.59. The van der Waals surface area contributed by atoms with Crippen molar-refractivity contribution in [2.45, 2.75) is 53.5 Å². The van der Waals surface area contributed by atoms with Crippen LogP contribution >= 0.6 is 22.9 Å². The molecule has 1 aliphatic carbocycles. The van der Waals surface area contributed by atoms with Gasteiger partial charge in [0.25, 0.3) is 5.56 Å². The van der Waals surface area contributed by atoms with E-state index in [9.17, 15) is 9.59 Å². The molecule has 0 spiro atoms. The maximum Gasteiger partial charge on any atom is 0.279 e. The highest BCUT2D eigenvalue weighted by molar-refractivity contribution is 7.18. The van der Waals surface area contributed by atoms with Gasteiger partial charge in [-0.05, 0) is 60.8 Å². The molecule has 3 aromatic rings. The number of fused-ring (bicyclic) bond motifs is 3. The molecule has 158 valence electrons. The molecule has 1 aliphatic rings. The Hall–Kier alpha value is -2.25. The highest BCUT2D eigenvalue weighted by Gasteiger charge is 2.32. The summed E-state index contributed by atoms with van der Waals surface area (Å²) in [5.41, 5.74) is 2.59. The predicted octanol–water partition coefficient (Wildman–Crippen LogP) is 4.60. The number of nitrogens with zero attached hydrogens (tertiary/aromatic N) is 3. The second-order valence-corrected chi connectivity index (χ2v) is 10.5. The molecule has 0 radical (unpaired) electrons. The number of anilines is 1. The Labute approximate surface area is 184 Å². The zero-order chi connectivity index (χ0) is 21.6. The SMILES string of the molecule is Cc1ccc(NC(=O)Cn2nnc3sc4c(c3c2=O)CC[C@H](C(C)(C)C)C4)cc1Cl. The van der Waals surface area contributed by atoms with E-state index in [-0.39, 0.29) is 23.4 Å².